The van der Waals surface area contributed by atoms with Gasteiger partial charge in [-0.1, -0.05) is 28.1 Å². The minimum atomic E-state index is -4.68. The number of nitrogens with one attached hydrogen (secondary N) is 1. The first-order chi connectivity index (χ1) is 9.93. The number of aliphatic carboxylic acids is 1. The molecule has 0 aromatic heterocycles. The number of carboxylic acids is 1. The minimum Gasteiger partial charge on any atom is -0.480 e. The fourth-order valence-corrected chi connectivity index (χ4v) is 2.03. The first-order valence-corrected chi connectivity index (χ1v) is 7.09. The first kappa shape index (κ1) is 18.5. The van der Waals surface area contributed by atoms with Gasteiger partial charge in [0.25, 0.3) is 0 Å². The van der Waals surface area contributed by atoms with Crippen molar-refractivity contribution in [1.82, 2.24) is 5.32 Å². The molecule has 1 aromatic carbocycles. The molecule has 1 unspecified atom stereocenters. The highest BCUT2D eigenvalue weighted by molar-refractivity contribution is 9.10. The lowest BCUT2D eigenvalue weighted by molar-refractivity contribution is -0.160. The van der Waals surface area contributed by atoms with E-state index in [0.717, 1.165) is 4.47 Å². The van der Waals surface area contributed by atoms with E-state index in [9.17, 15) is 22.8 Å². The Morgan fingerprint density at radius 1 is 1.23 bits per heavy atom. The van der Waals surface area contributed by atoms with Crippen molar-refractivity contribution < 1.29 is 27.9 Å². The number of rotatable bonds is 5. The molecule has 0 spiro atoms. The van der Waals surface area contributed by atoms with Crippen LogP contribution in [0.2, 0.25) is 0 Å². The van der Waals surface area contributed by atoms with Crippen molar-refractivity contribution in [1.29, 1.82) is 0 Å². The van der Waals surface area contributed by atoms with Crippen molar-refractivity contribution in [2.45, 2.75) is 37.9 Å². The van der Waals surface area contributed by atoms with Crippen LogP contribution in [0.3, 0.4) is 0 Å². The molecule has 1 atom stereocenters. The highest BCUT2D eigenvalue weighted by Crippen LogP contribution is 2.26. The molecule has 8 heteroatoms. The molecule has 0 aliphatic rings. The van der Waals surface area contributed by atoms with Gasteiger partial charge in [0.1, 0.15) is 6.04 Å². The van der Waals surface area contributed by atoms with Crippen LogP contribution in [-0.2, 0) is 15.0 Å². The number of hydrogen-bond donors (Lipinski definition) is 2. The van der Waals surface area contributed by atoms with E-state index in [-0.39, 0.29) is 0 Å². The molecule has 0 saturated carbocycles. The van der Waals surface area contributed by atoms with Gasteiger partial charge in [-0.3, -0.25) is 4.79 Å². The van der Waals surface area contributed by atoms with Crippen molar-refractivity contribution >= 4 is 27.8 Å². The van der Waals surface area contributed by atoms with E-state index in [0.29, 0.717) is 5.56 Å². The maximum Gasteiger partial charge on any atom is 0.391 e. The molecule has 0 saturated heterocycles. The predicted molar refractivity (Wildman–Crippen MR) is 77.4 cm³/mol. The number of halogens is 4. The Labute approximate surface area is 133 Å². The van der Waals surface area contributed by atoms with Gasteiger partial charge < -0.3 is 10.4 Å². The van der Waals surface area contributed by atoms with Crippen LogP contribution >= 0.6 is 15.9 Å². The second kappa shape index (κ2) is 6.68. The summed E-state index contributed by atoms with van der Waals surface area (Å²) in [7, 11) is 0. The number of carbonyl (C=O) groups is 2. The number of benzene rings is 1. The highest BCUT2D eigenvalue weighted by atomic mass is 79.9. The van der Waals surface area contributed by atoms with Gasteiger partial charge in [0.2, 0.25) is 5.91 Å². The smallest absolute Gasteiger partial charge is 0.391 e. The number of carbonyl (C=O) groups excluding carboxylic acids is 1. The van der Waals surface area contributed by atoms with Crippen molar-refractivity contribution in [3.8, 4) is 0 Å². The molecule has 1 rings (SSSR count). The van der Waals surface area contributed by atoms with Crippen LogP contribution in [-0.4, -0.2) is 29.2 Å². The van der Waals surface area contributed by atoms with Crippen LogP contribution in [0, 0.1) is 0 Å². The van der Waals surface area contributed by atoms with Gasteiger partial charge in [-0.15, -0.1) is 0 Å². The Morgan fingerprint density at radius 3 is 2.14 bits per heavy atom. The summed E-state index contributed by atoms with van der Waals surface area (Å²) in [4.78, 5) is 23.1. The topological polar surface area (TPSA) is 66.4 Å². The third-order valence-corrected chi connectivity index (χ3v) is 3.70. The van der Waals surface area contributed by atoms with Crippen LogP contribution < -0.4 is 5.32 Å². The molecule has 0 heterocycles. The molecule has 0 aliphatic carbocycles. The summed E-state index contributed by atoms with van der Waals surface area (Å²) in [6.07, 6.45) is -6.30. The van der Waals surface area contributed by atoms with Gasteiger partial charge in [0.15, 0.2) is 0 Å². The summed E-state index contributed by atoms with van der Waals surface area (Å²) < 4.78 is 37.9. The Bertz CT molecular complexity index is 555. The lowest BCUT2D eigenvalue weighted by atomic mass is 9.83. The van der Waals surface area contributed by atoms with Gasteiger partial charge in [-0.25, -0.2) is 4.79 Å². The van der Waals surface area contributed by atoms with E-state index in [4.69, 9.17) is 5.11 Å². The summed E-state index contributed by atoms with van der Waals surface area (Å²) in [6.45, 7) is 3.02. The number of carboxylic acid groups (broad SMARTS) is 1. The molecular formula is C14H15BrF3NO3. The standard InChI is InChI=1S/C14H15BrF3NO3/c1-13(2,8-3-5-9(15)6-4-8)12(22)19-10(11(20)21)7-14(16,17)18/h3-6,10H,7H2,1-2H3,(H,19,22)(H,20,21). The maximum absolute atomic E-state index is 12.4. The minimum absolute atomic E-state index is 0.560. The Morgan fingerprint density at radius 2 is 1.73 bits per heavy atom. The summed E-state index contributed by atoms with van der Waals surface area (Å²) in [5, 5.41) is 10.8. The summed E-state index contributed by atoms with van der Waals surface area (Å²) in [6, 6.07) is 4.65. The fourth-order valence-electron chi connectivity index (χ4n) is 1.77. The largest absolute Gasteiger partial charge is 0.480 e. The zero-order valence-electron chi connectivity index (χ0n) is 11.9. The number of hydrogen-bond acceptors (Lipinski definition) is 2. The van der Waals surface area contributed by atoms with Crippen LogP contribution in [0.5, 0.6) is 0 Å². The fraction of sp³-hybridized carbons (Fsp3) is 0.429. The van der Waals surface area contributed by atoms with E-state index < -0.39 is 35.9 Å². The van der Waals surface area contributed by atoms with E-state index in [2.05, 4.69) is 15.9 Å². The lowest BCUT2D eigenvalue weighted by Crippen LogP contribution is -2.49. The molecule has 122 valence electrons. The van der Waals surface area contributed by atoms with Gasteiger partial charge in [-0.2, -0.15) is 13.2 Å². The van der Waals surface area contributed by atoms with E-state index in [1.54, 1.807) is 24.3 Å². The van der Waals surface area contributed by atoms with E-state index in [1.165, 1.54) is 13.8 Å². The second-order valence-electron chi connectivity index (χ2n) is 5.32. The highest BCUT2D eigenvalue weighted by Gasteiger charge is 2.39. The Balaban J connectivity index is 2.92. The van der Waals surface area contributed by atoms with Crippen molar-refractivity contribution in [3.63, 3.8) is 0 Å². The van der Waals surface area contributed by atoms with Crippen LogP contribution in [0.1, 0.15) is 25.8 Å². The van der Waals surface area contributed by atoms with Crippen LogP contribution in [0.25, 0.3) is 0 Å². The maximum atomic E-state index is 12.4. The zero-order chi connectivity index (χ0) is 17.1. The molecule has 1 aromatic rings. The van der Waals surface area contributed by atoms with Gasteiger partial charge >= 0.3 is 12.1 Å². The van der Waals surface area contributed by atoms with Crippen LogP contribution in [0.15, 0.2) is 28.7 Å². The second-order valence-corrected chi connectivity index (χ2v) is 6.23. The van der Waals surface area contributed by atoms with E-state index in [1.807, 2.05) is 5.32 Å². The van der Waals surface area contributed by atoms with Gasteiger partial charge in [0.05, 0.1) is 11.8 Å². The quantitative estimate of drug-likeness (QED) is 0.822. The molecular weight excluding hydrogens is 367 g/mol. The number of alkyl halides is 3. The molecule has 4 nitrogen and oxygen atoms in total. The van der Waals surface area contributed by atoms with Crippen LogP contribution in [0.4, 0.5) is 13.2 Å². The normalized spacial score (nSPS) is 13.5. The molecule has 2 N–H and O–H groups in total. The summed E-state index contributed by atoms with van der Waals surface area (Å²) >= 11 is 3.24. The van der Waals surface area contributed by atoms with Gasteiger partial charge in [-0.05, 0) is 31.5 Å². The van der Waals surface area contributed by atoms with Crippen molar-refractivity contribution in [3.05, 3.63) is 34.3 Å². The monoisotopic (exact) mass is 381 g/mol. The molecule has 0 aliphatic heterocycles. The average molecular weight is 382 g/mol. The summed E-state index contributed by atoms with van der Waals surface area (Å²) in [5.41, 5.74) is -0.607. The van der Waals surface area contributed by atoms with Gasteiger partial charge in [0, 0.05) is 4.47 Å². The predicted octanol–water partition coefficient (Wildman–Crippen LogP) is 3.25. The molecule has 22 heavy (non-hydrogen) atoms. The average Bonchev–Trinajstić information content (AvgIpc) is 2.36. The van der Waals surface area contributed by atoms with Crippen molar-refractivity contribution in [2.24, 2.45) is 0 Å². The van der Waals surface area contributed by atoms with Crippen molar-refractivity contribution in [2.75, 3.05) is 0 Å². The molecule has 1 amide bonds. The molecule has 0 fully saturated rings. The Kier molecular flexibility index (Phi) is 5.61. The molecule has 0 bridgehead atoms. The number of amides is 1. The first-order valence-electron chi connectivity index (χ1n) is 6.30. The van der Waals surface area contributed by atoms with E-state index >= 15 is 0 Å². The Hall–Kier alpha value is -1.57. The lowest BCUT2D eigenvalue weighted by Gasteiger charge is -2.27. The summed E-state index contributed by atoms with van der Waals surface area (Å²) in [5.74, 6) is -2.51. The zero-order valence-corrected chi connectivity index (χ0v) is 13.5. The third-order valence-electron chi connectivity index (χ3n) is 3.17. The molecule has 0 radical (unpaired) electrons. The third kappa shape index (κ3) is 5.01. The SMILES string of the molecule is CC(C)(C(=O)NC(CC(F)(F)F)C(=O)O)c1ccc(Br)cc1.